The van der Waals surface area contributed by atoms with Crippen LogP contribution in [0.1, 0.15) is 19.4 Å². The summed E-state index contributed by atoms with van der Waals surface area (Å²) >= 11 is 5.83. The molecule has 10 heteroatoms. The van der Waals surface area contributed by atoms with Gasteiger partial charge in [0.1, 0.15) is 16.7 Å². The number of hydrogen-bond donors (Lipinski definition) is 1. The Morgan fingerprint density at radius 2 is 1.69 bits per heavy atom. The number of anilines is 2. The van der Waals surface area contributed by atoms with Crippen molar-refractivity contribution in [2.75, 3.05) is 5.32 Å². The van der Waals surface area contributed by atoms with Gasteiger partial charge in [-0.2, -0.15) is 13.2 Å². The molecule has 32 heavy (non-hydrogen) atoms. The molecule has 0 radical (unpaired) electrons. The fourth-order valence-electron chi connectivity index (χ4n) is 2.54. The van der Waals surface area contributed by atoms with Crippen molar-refractivity contribution in [2.45, 2.75) is 20.0 Å². The topological polar surface area (TPSA) is 73.1 Å². The second-order valence-electron chi connectivity index (χ2n) is 6.06. The summed E-state index contributed by atoms with van der Waals surface area (Å²) in [6.07, 6.45) is -2.91. The van der Waals surface area contributed by atoms with E-state index >= 15 is 0 Å². The van der Waals surface area contributed by atoms with Gasteiger partial charge >= 0.3 is 12.2 Å². The summed E-state index contributed by atoms with van der Waals surface area (Å²) in [5.41, 5.74) is 0.0119. The monoisotopic (exact) mass is 462 g/mol. The number of benzene rings is 2. The second-order valence-corrected chi connectivity index (χ2v) is 6.44. The van der Waals surface area contributed by atoms with Crippen molar-refractivity contribution in [3.8, 4) is 23.0 Å². The molecule has 4 aromatic rings. The van der Waals surface area contributed by atoms with Crippen LogP contribution in [-0.4, -0.2) is 15.2 Å². The molecule has 1 N–H and O–H groups in total. The molecule has 0 saturated carbocycles. The molecule has 0 fully saturated rings. The number of nitrogens with zero attached hydrogens (tertiary/aromatic N) is 3. The minimum Gasteiger partial charge on any atom is -0.457 e. The van der Waals surface area contributed by atoms with Crippen molar-refractivity contribution in [3.05, 3.63) is 77.6 Å². The lowest BCUT2D eigenvalue weighted by Crippen LogP contribution is -2.05. The number of pyridine rings is 1. The van der Waals surface area contributed by atoms with Gasteiger partial charge in [-0.05, 0) is 48.5 Å². The van der Waals surface area contributed by atoms with Crippen LogP contribution in [0.3, 0.4) is 0 Å². The van der Waals surface area contributed by atoms with Crippen molar-refractivity contribution >= 4 is 23.3 Å². The van der Waals surface area contributed by atoms with E-state index < -0.39 is 11.7 Å². The van der Waals surface area contributed by atoms with Gasteiger partial charge in [-0.3, -0.25) is 0 Å². The summed E-state index contributed by atoms with van der Waals surface area (Å²) < 4.78 is 49.6. The van der Waals surface area contributed by atoms with E-state index in [1.807, 2.05) is 13.8 Å². The molecular weight excluding hydrogens is 445 g/mol. The minimum atomic E-state index is -4.44. The zero-order chi connectivity index (χ0) is 23.1. The third-order valence-corrected chi connectivity index (χ3v) is 4.11. The molecule has 4 rings (SSSR count). The average Bonchev–Trinajstić information content (AvgIpc) is 3.24. The van der Waals surface area contributed by atoms with E-state index in [9.17, 15) is 13.2 Å². The van der Waals surface area contributed by atoms with Crippen LogP contribution in [-0.2, 0) is 6.18 Å². The highest BCUT2D eigenvalue weighted by Gasteiger charge is 2.30. The Kier molecular flexibility index (Phi) is 7.32. The second kappa shape index (κ2) is 10.1. The van der Waals surface area contributed by atoms with Crippen LogP contribution >= 0.6 is 11.6 Å². The first-order valence-electron chi connectivity index (χ1n) is 9.54. The number of rotatable bonds is 5. The van der Waals surface area contributed by atoms with Gasteiger partial charge in [0.15, 0.2) is 0 Å². The van der Waals surface area contributed by atoms with Gasteiger partial charge < -0.3 is 14.5 Å². The predicted octanol–water partition coefficient (Wildman–Crippen LogP) is 7.37. The van der Waals surface area contributed by atoms with Crippen molar-refractivity contribution in [1.29, 1.82) is 0 Å². The Bertz CT molecular complexity index is 1160. The molecule has 0 bridgehead atoms. The summed E-state index contributed by atoms with van der Waals surface area (Å²) in [4.78, 5) is 3.88. The van der Waals surface area contributed by atoms with Gasteiger partial charge in [-0.15, -0.1) is 5.10 Å². The maximum absolute atomic E-state index is 12.8. The first kappa shape index (κ1) is 23.1. The van der Waals surface area contributed by atoms with E-state index in [0.29, 0.717) is 22.2 Å². The van der Waals surface area contributed by atoms with Crippen LogP contribution < -0.4 is 10.1 Å². The number of halogens is 4. The Morgan fingerprint density at radius 3 is 2.38 bits per heavy atom. The molecule has 2 aromatic heterocycles. The highest BCUT2D eigenvalue weighted by atomic mass is 35.5. The smallest absolute Gasteiger partial charge is 0.416 e. The van der Waals surface area contributed by atoms with E-state index in [0.717, 1.165) is 12.1 Å². The highest BCUT2D eigenvalue weighted by molar-refractivity contribution is 6.29. The minimum absolute atomic E-state index is 0.0314. The number of aromatic nitrogens is 3. The lowest BCUT2D eigenvalue weighted by atomic mass is 10.2. The van der Waals surface area contributed by atoms with Crippen LogP contribution in [0.4, 0.5) is 24.9 Å². The quantitative estimate of drug-likeness (QED) is 0.312. The molecule has 0 unspecified atom stereocenters. The first-order chi connectivity index (χ1) is 15.4. The zero-order valence-electron chi connectivity index (χ0n) is 17.0. The molecule has 0 spiro atoms. The van der Waals surface area contributed by atoms with Gasteiger partial charge in [0, 0.05) is 23.5 Å². The van der Waals surface area contributed by atoms with E-state index in [1.54, 1.807) is 36.4 Å². The number of ether oxygens (including phenoxy) is 1. The summed E-state index contributed by atoms with van der Waals surface area (Å²) in [5, 5.41) is 10.7. The average molecular weight is 463 g/mol. The van der Waals surface area contributed by atoms with Gasteiger partial charge in [-0.1, -0.05) is 36.6 Å². The molecule has 0 aliphatic heterocycles. The SMILES string of the molecule is CC.FC(F)(F)c1cccc(Nc2nnc(-c3ccc(Oc4ccnc(Cl)c4)cc3)o2)c1. The lowest BCUT2D eigenvalue weighted by molar-refractivity contribution is -0.137. The molecule has 6 nitrogen and oxygen atoms in total. The zero-order valence-corrected chi connectivity index (χ0v) is 17.8. The molecule has 0 atom stereocenters. The Labute approximate surface area is 187 Å². The lowest BCUT2D eigenvalue weighted by Gasteiger charge is -2.08. The summed E-state index contributed by atoms with van der Waals surface area (Å²) in [7, 11) is 0. The largest absolute Gasteiger partial charge is 0.457 e. The van der Waals surface area contributed by atoms with Gasteiger partial charge in [0.25, 0.3) is 0 Å². The maximum Gasteiger partial charge on any atom is 0.416 e. The fraction of sp³-hybridized carbons (Fsp3) is 0.136. The third-order valence-electron chi connectivity index (χ3n) is 3.90. The van der Waals surface area contributed by atoms with Crippen molar-refractivity contribution in [2.24, 2.45) is 0 Å². The normalized spacial score (nSPS) is 10.8. The van der Waals surface area contributed by atoms with Crippen molar-refractivity contribution < 1.29 is 22.3 Å². The van der Waals surface area contributed by atoms with E-state index in [2.05, 4.69) is 20.5 Å². The van der Waals surface area contributed by atoms with Gasteiger partial charge in [-0.25, -0.2) is 4.98 Å². The van der Waals surface area contributed by atoms with Crippen LogP contribution in [0.5, 0.6) is 11.5 Å². The molecular formula is C22H18ClF3N4O2. The van der Waals surface area contributed by atoms with Crippen molar-refractivity contribution in [3.63, 3.8) is 0 Å². The van der Waals surface area contributed by atoms with E-state index in [-0.39, 0.29) is 17.6 Å². The Balaban J connectivity index is 0.00000141. The number of alkyl halides is 3. The molecule has 0 aliphatic rings. The third kappa shape index (κ3) is 5.98. The number of hydrogen-bond acceptors (Lipinski definition) is 6. The maximum atomic E-state index is 12.8. The van der Waals surface area contributed by atoms with Crippen molar-refractivity contribution in [1.82, 2.24) is 15.2 Å². The van der Waals surface area contributed by atoms with Gasteiger partial charge in [0.2, 0.25) is 5.89 Å². The number of nitrogens with one attached hydrogen (secondary N) is 1. The van der Waals surface area contributed by atoms with Crippen LogP contribution in [0.15, 0.2) is 71.3 Å². The fourth-order valence-corrected chi connectivity index (χ4v) is 2.70. The highest BCUT2D eigenvalue weighted by Crippen LogP contribution is 2.32. The summed E-state index contributed by atoms with van der Waals surface area (Å²) in [5.74, 6) is 1.29. The van der Waals surface area contributed by atoms with Gasteiger partial charge in [0.05, 0.1) is 5.56 Å². The van der Waals surface area contributed by atoms with Crippen LogP contribution in [0.2, 0.25) is 5.15 Å². The summed E-state index contributed by atoms with van der Waals surface area (Å²) in [6, 6.07) is 14.7. The molecule has 2 aromatic carbocycles. The van der Waals surface area contributed by atoms with Crippen LogP contribution in [0.25, 0.3) is 11.5 Å². The van der Waals surface area contributed by atoms with Crippen LogP contribution in [0, 0.1) is 0 Å². The molecule has 0 aliphatic carbocycles. The molecule has 0 amide bonds. The van der Waals surface area contributed by atoms with E-state index in [1.165, 1.54) is 18.3 Å². The Hall–Kier alpha value is -3.59. The first-order valence-corrected chi connectivity index (χ1v) is 9.92. The molecule has 2 heterocycles. The molecule has 166 valence electrons. The standard InChI is InChI=1S/C20H12ClF3N4O2.C2H6/c21-17-11-16(8-9-25-17)29-15-6-4-12(5-7-15)18-27-28-19(30-18)26-14-3-1-2-13(10-14)20(22,23)24;1-2/h1-11H,(H,26,28);1-2H3. The Morgan fingerprint density at radius 1 is 0.938 bits per heavy atom. The predicted molar refractivity (Wildman–Crippen MR) is 115 cm³/mol. The van der Waals surface area contributed by atoms with E-state index in [4.69, 9.17) is 20.8 Å². The summed E-state index contributed by atoms with van der Waals surface area (Å²) in [6.45, 7) is 4.00. The molecule has 0 saturated heterocycles.